The summed E-state index contributed by atoms with van der Waals surface area (Å²) in [6, 6.07) is 6.63. The summed E-state index contributed by atoms with van der Waals surface area (Å²) in [5.74, 6) is 0.125. The molecule has 120 valence electrons. The smallest absolute Gasteiger partial charge is 0.257 e. The Morgan fingerprint density at radius 1 is 1.26 bits per heavy atom. The van der Waals surface area contributed by atoms with E-state index in [1.807, 2.05) is 6.07 Å². The van der Waals surface area contributed by atoms with Crippen molar-refractivity contribution < 1.29 is 4.79 Å². The highest BCUT2D eigenvalue weighted by Gasteiger charge is 2.12. The van der Waals surface area contributed by atoms with E-state index in [-0.39, 0.29) is 11.5 Å². The van der Waals surface area contributed by atoms with E-state index >= 15 is 0 Å². The van der Waals surface area contributed by atoms with Gasteiger partial charge in [-0.1, -0.05) is 0 Å². The maximum absolute atomic E-state index is 12.1. The number of hydrogen-bond acceptors (Lipinski definition) is 5. The van der Waals surface area contributed by atoms with Crippen LogP contribution < -0.4 is 21.1 Å². The van der Waals surface area contributed by atoms with Gasteiger partial charge in [0.15, 0.2) is 0 Å². The number of aromatic nitrogens is 2. The van der Waals surface area contributed by atoms with Crippen molar-refractivity contribution in [2.24, 2.45) is 7.05 Å². The minimum Gasteiger partial charge on any atom is -0.368 e. The summed E-state index contributed by atoms with van der Waals surface area (Å²) in [6.45, 7) is 3.81. The van der Waals surface area contributed by atoms with Crippen LogP contribution in [-0.4, -0.2) is 41.6 Å². The van der Waals surface area contributed by atoms with Crippen molar-refractivity contribution in [2.45, 2.75) is 0 Å². The molecule has 0 aliphatic carbocycles. The van der Waals surface area contributed by atoms with Crippen molar-refractivity contribution in [2.75, 3.05) is 36.4 Å². The van der Waals surface area contributed by atoms with Gasteiger partial charge >= 0.3 is 0 Å². The number of carbonyl (C=O) groups is 1. The molecule has 0 spiro atoms. The van der Waals surface area contributed by atoms with Gasteiger partial charge < -0.3 is 20.1 Å². The molecule has 2 aromatic rings. The lowest BCUT2D eigenvalue weighted by atomic mass is 10.2. The molecule has 1 saturated heterocycles. The monoisotopic (exact) mass is 313 g/mol. The van der Waals surface area contributed by atoms with Crippen LogP contribution in [0.4, 0.5) is 11.5 Å². The van der Waals surface area contributed by atoms with E-state index in [1.54, 1.807) is 31.6 Å². The lowest BCUT2D eigenvalue weighted by molar-refractivity contribution is 0.102. The standard InChI is InChI=1S/C16H19N5O2/c1-20-7-4-12(10-15(20)22)16(23)19-14-3-2-13(11-18-14)21-8-5-17-6-9-21/h2-4,7,10-11,17H,5-6,8-9H2,1H3,(H,18,19,23). The molecule has 1 amide bonds. The number of rotatable bonds is 3. The highest BCUT2D eigenvalue weighted by atomic mass is 16.2. The van der Waals surface area contributed by atoms with Crippen molar-refractivity contribution in [1.29, 1.82) is 0 Å². The van der Waals surface area contributed by atoms with Crippen LogP contribution in [-0.2, 0) is 7.05 Å². The molecular weight excluding hydrogens is 294 g/mol. The summed E-state index contributed by atoms with van der Waals surface area (Å²) in [6.07, 6.45) is 3.32. The van der Waals surface area contributed by atoms with Crippen LogP contribution in [0.1, 0.15) is 10.4 Å². The van der Waals surface area contributed by atoms with E-state index in [0.29, 0.717) is 11.4 Å². The first-order valence-electron chi connectivity index (χ1n) is 7.53. The van der Waals surface area contributed by atoms with Gasteiger partial charge in [-0.15, -0.1) is 0 Å². The second-order valence-corrected chi connectivity index (χ2v) is 5.46. The fourth-order valence-electron chi connectivity index (χ4n) is 2.45. The molecule has 1 aliphatic rings. The molecule has 0 saturated carbocycles. The third kappa shape index (κ3) is 3.57. The molecule has 0 radical (unpaired) electrons. The van der Waals surface area contributed by atoms with Crippen LogP contribution in [0.25, 0.3) is 0 Å². The molecule has 7 heteroatoms. The number of aryl methyl sites for hydroxylation is 1. The fourth-order valence-corrected chi connectivity index (χ4v) is 2.45. The van der Waals surface area contributed by atoms with E-state index in [0.717, 1.165) is 31.9 Å². The molecular formula is C16H19N5O2. The summed E-state index contributed by atoms with van der Waals surface area (Å²) in [7, 11) is 1.64. The maximum atomic E-state index is 12.1. The van der Waals surface area contributed by atoms with Crippen molar-refractivity contribution in [3.05, 3.63) is 52.6 Å². The fraction of sp³-hybridized carbons (Fsp3) is 0.312. The Balaban J connectivity index is 1.68. The topological polar surface area (TPSA) is 79.3 Å². The van der Waals surface area contributed by atoms with Gasteiger partial charge in [0.05, 0.1) is 11.9 Å². The third-order valence-electron chi connectivity index (χ3n) is 3.84. The van der Waals surface area contributed by atoms with E-state index < -0.39 is 0 Å². The molecule has 23 heavy (non-hydrogen) atoms. The number of pyridine rings is 2. The first-order valence-corrected chi connectivity index (χ1v) is 7.53. The minimum absolute atomic E-state index is 0.223. The van der Waals surface area contributed by atoms with E-state index in [1.165, 1.54) is 10.6 Å². The zero-order valence-corrected chi connectivity index (χ0v) is 13.0. The lowest BCUT2D eigenvalue weighted by Gasteiger charge is -2.29. The highest BCUT2D eigenvalue weighted by molar-refractivity contribution is 6.03. The number of nitrogens with one attached hydrogen (secondary N) is 2. The van der Waals surface area contributed by atoms with Crippen molar-refractivity contribution in [3.8, 4) is 0 Å². The molecule has 1 fully saturated rings. The third-order valence-corrected chi connectivity index (χ3v) is 3.84. The summed E-state index contributed by atoms with van der Waals surface area (Å²) in [4.78, 5) is 30.2. The minimum atomic E-state index is -0.342. The predicted octanol–water partition coefficient (Wildman–Crippen LogP) is 0.442. The number of anilines is 2. The number of nitrogens with zero attached hydrogens (tertiary/aromatic N) is 3. The summed E-state index contributed by atoms with van der Waals surface area (Å²) in [5.41, 5.74) is 1.14. The molecule has 0 unspecified atom stereocenters. The molecule has 2 aromatic heterocycles. The van der Waals surface area contributed by atoms with Crippen molar-refractivity contribution in [1.82, 2.24) is 14.9 Å². The Morgan fingerprint density at radius 2 is 2.04 bits per heavy atom. The van der Waals surface area contributed by atoms with Gasteiger partial charge in [0.1, 0.15) is 5.82 Å². The van der Waals surface area contributed by atoms with Crippen molar-refractivity contribution in [3.63, 3.8) is 0 Å². The van der Waals surface area contributed by atoms with Crippen LogP contribution in [0, 0.1) is 0 Å². The first-order chi connectivity index (χ1) is 11.1. The van der Waals surface area contributed by atoms with Gasteiger partial charge in [0, 0.05) is 51.1 Å². The van der Waals surface area contributed by atoms with Crippen molar-refractivity contribution >= 4 is 17.4 Å². The Kier molecular flexibility index (Phi) is 4.38. The molecule has 2 N–H and O–H groups in total. The lowest BCUT2D eigenvalue weighted by Crippen LogP contribution is -2.43. The number of amides is 1. The normalized spacial score (nSPS) is 14.6. The van der Waals surface area contributed by atoms with Crippen LogP contribution in [0.15, 0.2) is 41.5 Å². The molecule has 0 atom stereocenters. The Labute approximate surface area is 134 Å². The highest BCUT2D eigenvalue weighted by Crippen LogP contribution is 2.16. The van der Waals surface area contributed by atoms with Crippen LogP contribution in [0.5, 0.6) is 0 Å². The van der Waals surface area contributed by atoms with Gasteiger partial charge in [-0.05, 0) is 18.2 Å². The van der Waals surface area contributed by atoms with Crippen LogP contribution >= 0.6 is 0 Å². The summed E-state index contributed by atoms with van der Waals surface area (Å²) < 4.78 is 1.41. The van der Waals surface area contributed by atoms with Gasteiger partial charge in [-0.3, -0.25) is 9.59 Å². The van der Waals surface area contributed by atoms with Gasteiger partial charge in [-0.25, -0.2) is 4.98 Å². The maximum Gasteiger partial charge on any atom is 0.257 e. The van der Waals surface area contributed by atoms with E-state index in [2.05, 4.69) is 20.5 Å². The number of carbonyl (C=O) groups excluding carboxylic acids is 1. The van der Waals surface area contributed by atoms with Gasteiger partial charge in [0.2, 0.25) is 0 Å². The molecule has 0 bridgehead atoms. The Hall–Kier alpha value is -2.67. The quantitative estimate of drug-likeness (QED) is 0.860. The predicted molar refractivity (Wildman–Crippen MR) is 89.0 cm³/mol. The van der Waals surface area contributed by atoms with Crippen LogP contribution in [0.3, 0.4) is 0 Å². The molecule has 3 heterocycles. The Bertz CT molecular complexity index is 748. The molecule has 1 aliphatic heterocycles. The molecule has 0 aromatic carbocycles. The van der Waals surface area contributed by atoms with Crippen LogP contribution in [0.2, 0.25) is 0 Å². The largest absolute Gasteiger partial charge is 0.368 e. The Morgan fingerprint density at radius 3 is 2.70 bits per heavy atom. The molecule has 3 rings (SSSR count). The van der Waals surface area contributed by atoms with Gasteiger partial charge in [0.25, 0.3) is 11.5 Å². The van der Waals surface area contributed by atoms with E-state index in [9.17, 15) is 9.59 Å². The summed E-state index contributed by atoms with van der Waals surface area (Å²) in [5, 5.41) is 6.01. The first kappa shape index (κ1) is 15.2. The second-order valence-electron chi connectivity index (χ2n) is 5.46. The zero-order chi connectivity index (χ0) is 16.2. The zero-order valence-electron chi connectivity index (χ0n) is 13.0. The van der Waals surface area contributed by atoms with E-state index in [4.69, 9.17) is 0 Å². The second kappa shape index (κ2) is 6.62. The average molecular weight is 313 g/mol. The number of piperazine rings is 1. The SMILES string of the molecule is Cn1ccc(C(=O)Nc2ccc(N3CCNCC3)cn2)cc1=O. The van der Waals surface area contributed by atoms with Gasteiger partial charge in [-0.2, -0.15) is 0 Å². The number of hydrogen-bond donors (Lipinski definition) is 2. The average Bonchev–Trinajstić information content (AvgIpc) is 2.59. The summed E-state index contributed by atoms with van der Waals surface area (Å²) >= 11 is 0. The molecule has 7 nitrogen and oxygen atoms in total.